The molecule has 0 aromatic rings. The summed E-state index contributed by atoms with van der Waals surface area (Å²) in [6, 6.07) is 0.0223. The van der Waals surface area contributed by atoms with Crippen molar-refractivity contribution < 1.29 is 9.53 Å². The lowest BCUT2D eigenvalue weighted by Crippen LogP contribution is -2.53. The first kappa shape index (κ1) is 12.8. The molecule has 0 bridgehead atoms. The maximum atomic E-state index is 12.5. The van der Waals surface area contributed by atoms with E-state index in [4.69, 9.17) is 4.74 Å². The van der Waals surface area contributed by atoms with Crippen molar-refractivity contribution in [3.63, 3.8) is 0 Å². The summed E-state index contributed by atoms with van der Waals surface area (Å²) in [5.74, 6) is 0.727. The van der Waals surface area contributed by atoms with Crippen LogP contribution in [0, 0.1) is 5.92 Å². The highest BCUT2D eigenvalue weighted by Crippen LogP contribution is 2.18. The van der Waals surface area contributed by atoms with Gasteiger partial charge in [0, 0.05) is 19.7 Å². The van der Waals surface area contributed by atoms with E-state index in [1.165, 1.54) is 6.42 Å². The van der Waals surface area contributed by atoms with Crippen LogP contribution in [0.2, 0.25) is 0 Å². The number of amides is 1. The smallest absolute Gasteiger partial charge is 0.240 e. The van der Waals surface area contributed by atoms with Crippen molar-refractivity contribution in [2.75, 3.05) is 26.2 Å². The first-order valence-electron chi connectivity index (χ1n) is 6.82. The average Bonchev–Trinajstić information content (AvgIpc) is 2.54. The maximum Gasteiger partial charge on any atom is 0.240 e. The van der Waals surface area contributed by atoms with E-state index in [0.717, 1.165) is 39.1 Å². The number of carbonyl (C=O) groups is 1. The third-order valence-corrected chi connectivity index (χ3v) is 3.80. The normalized spacial score (nSPS) is 35.4. The lowest BCUT2D eigenvalue weighted by molar-refractivity contribution is -0.136. The molecule has 2 heterocycles. The average molecular weight is 240 g/mol. The van der Waals surface area contributed by atoms with E-state index < -0.39 is 0 Å². The Bertz CT molecular complexity index is 270. The van der Waals surface area contributed by atoms with Gasteiger partial charge in [-0.15, -0.1) is 0 Å². The van der Waals surface area contributed by atoms with Crippen molar-refractivity contribution in [2.24, 2.45) is 5.92 Å². The van der Waals surface area contributed by atoms with Crippen molar-refractivity contribution in [1.82, 2.24) is 10.2 Å². The third kappa shape index (κ3) is 3.19. The van der Waals surface area contributed by atoms with Gasteiger partial charge in [0.2, 0.25) is 5.91 Å². The van der Waals surface area contributed by atoms with Gasteiger partial charge in [-0.25, -0.2) is 0 Å². The molecular weight excluding hydrogens is 216 g/mol. The Labute approximate surface area is 104 Å². The van der Waals surface area contributed by atoms with Gasteiger partial charge in [-0.2, -0.15) is 0 Å². The van der Waals surface area contributed by atoms with Crippen molar-refractivity contribution >= 4 is 5.91 Å². The molecule has 3 atom stereocenters. The zero-order chi connectivity index (χ0) is 12.3. The Hall–Kier alpha value is -0.610. The molecule has 0 aromatic carbocycles. The van der Waals surface area contributed by atoms with Gasteiger partial charge in [0.05, 0.1) is 12.1 Å². The van der Waals surface area contributed by atoms with E-state index in [0.29, 0.717) is 5.92 Å². The van der Waals surface area contributed by atoms with Crippen molar-refractivity contribution in [3.8, 4) is 0 Å². The number of hydrogen-bond acceptors (Lipinski definition) is 3. The van der Waals surface area contributed by atoms with Crippen LogP contribution in [-0.2, 0) is 9.53 Å². The highest BCUT2D eigenvalue weighted by molar-refractivity contribution is 5.82. The van der Waals surface area contributed by atoms with Gasteiger partial charge in [0.25, 0.3) is 0 Å². The molecule has 0 aromatic heterocycles. The van der Waals surface area contributed by atoms with Gasteiger partial charge in [-0.3, -0.25) is 4.79 Å². The van der Waals surface area contributed by atoms with Gasteiger partial charge in [-0.05, 0) is 38.6 Å². The van der Waals surface area contributed by atoms with E-state index in [1.54, 1.807) is 0 Å². The first-order valence-corrected chi connectivity index (χ1v) is 6.82. The van der Waals surface area contributed by atoms with Crippen LogP contribution < -0.4 is 5.32 Å². The third-order valence-electron chi connectivity index (χ3n) is 3.80. The fraction of sp³-hybridized carbons (Fsp3) is 0.923. The maximum absolute atomic E-state index is 12.5. The van der Waals surface area contributed by atoms with Gasteiger partial charge in [-0.1, -0.05) is 6.92 Å². The molecule has 3 unspecified atom stereocenters. The summed E-state index contributed by atoms with van der Waals surface area (Å²) in [6.45, 7) is 7.55. The molecule has 0 spiro atoms. The molecule has 98 valence electrons. The molecule has 2 saturated heterocycles. The van der Waals surface area contributed by atoms with Crippen LogP contribution in [0.3, 0.4) is 0 Å². The number of nitrogens with one attached hydrogen (secondary N) is 1. The van der Waals surface area contributed by atoms with Gasteiger partial charge < -0.3 is 15.0 Å². The Morgan fingerprint density at radius 3 is 2.94 bits per heavy atom. The molecule has 1 N–H and O–H groups in total. The summed E-state index contributed by atoms with van der Waals surface area (Å²) in [4.78, 5) is 14.5. The predicted octanol–water partition coefficient (Wildman–Crippen LogP) is 1.01. The summed E-state index contributed by atoms with van der Waals surface area (Å²) in [5, 5.41) is 3.37. The quantitative estimate of drug-likeness (QED) is 0.744. The Morgan fingerprint density at radius 2 is 2.18 bits per heavy atom. The summed E-state index contributed by atoms with van der Waals surface area (Å²) in [6.07, 6.45) is 3.46. The zero-order valence-corrected chi connectivity index (χ0v) is 10.9. The molecule has 4 nitrogen and oxygen atoms in total. The molecule has 0 aliphatic carbocycles. The highest BCUT2D eigenvalue weighted by atomic mass is 16.5. The fourth-order valence-electron chi connectivity index (χ4n) is 2.77. The number of ether oxygens (including phenoxy) is 1. The van der Waals surface area contributed by atoms with E-state index in [2.05, 4.69) is 12.2 Å². The molecule has 0 saturated carbocycles. The van der Waals surface area contributed by atoms with Gasteiger partial charge in [0.1, 0.15) is 0 Å². The van der Waals surface area contributed by atoms with Crippen molar-refractivity contribution in [2.45, 2.75) is 45.3 Å². The molecule has 2 rings (SSSR count). The van der Waals surface area contributed by atoms with Crippen LogP contribution in [0.25, 0.3) is 0 Å². The Morgan fingerprint density at radius 1 is 1.35 bits per heavy atom. The van der Waals surface area contributed by atoms with Crippen molar-refractivity contribution in [1.29, 1.82) is 0 Å². The molecule has 2 aliphatic heterocycles. The number of piperidine rings is 1. The van der Waals surface area contributed by atoms with Crippen LogP contribution in [0.1, 0.15) is 33.1 Å². The van der Waals surface area contributed by atoms with Crippen LogP contribution in [0.15, 0.2) is 0 Å². The summed E-state index contributed by atoms with van der Waals surface area (Å²) in [5.41, 5.74) is 0. The number of carbonyl (C=O) groups excluding carboxylic acids is 1. The molecule has 2 fully saturated rings. The van der Waals surface area contributed by atoms with Gasteiger partial charge in [0.15, 0.2) is 0 Å². The monoisotopic (exact) mass is 240 g/mol. The predicted molar refractivity (Wildman–Crippen MR) is 66.8 cm³/mol. The fourth-order valence-corrected chi connectivity index (χ4v) is 2.77. The van der Waals surface area contributed by atoms with Gasteiger partial charge >= 0.3 is 0 Å². The second-order valence-corrected chi connectivity index (χ2v) is 5.37. The minimum absolute atomic E-state index is 0.0223. The second-order valence-electron chi connectivity index (χ2n) is 5.37. The van der Waals surface area contributed by atoms with E-state index in [9.17, 15) is 4.79 Å². The van der Waals surface area contributed by atoms with E-state index in [1.807, 2.05) is 11.8 Å². The van der Waals surface area contributed by atoms with Crippen LogP contribution in [0.5, 0.6) is 0 Å². The molecule has 2 aliphatic rings. The van der Waals surface area contributed by atoms with Crippen molar-refractivity contribution in [3.05, 3.63) is 0 Å². The number of hydrogen-bond donors (Lipinski definition) is 1. The lowest BCUT2D eigenvalue weighted by atomic mass is 9.91. The largest absolute Gasteiger partial charge is 0.377 e. The van der Waals surface area contributed by atoms with E-state index in [-0.39, 0.29) is 18.1 Å². The molecule has 1 amide bonds. The van der Waals surface area contributed by atoms with Crippen LogP contribution in [0.4, 0.5) is 0 Å². The highest BCUT2D eigenvalue weighted by Gasteiger charge is 2.32. The molecule has 4 heteroatoms. The number of nitrogens with zero attached hydrogens (tertiary/aromatic N) is 1. The van der Waals surface area contributed by atoms with Crippen LogP contribution in [-0.4, -0.2) is 49.2 Å². The minimum Gasteiger partial charge on any atom is -0.377 e. The second kappa shape index (κ2) is 5.83. The lowest BCUT2D eigenvalue weighted by Gasteiger charge is -2.33. The SMILES string of the molecule is CC1CN(C(=O)C2NCCCC2C)CCCO1. The number of rotatable bonds is 1. The molecule has 0 radical (unpaired) electrons. The van der Waals surface area contributed by atoms with E-state index >= 15 is 0 Å². The minimum atomic E-state index is 0.0223. The molecular formula is C13H24N2O2. The topological polar surface area (TPSA) is 41.6 Å². The standard InChI is InChI=1S/C13H24N2O2/c1-10-5-3-6-14-12(10)13(16)15-7-4-8-17-11(2)9-15/h10-12,14H,3-9H2,1-2H3. The summed E-state index contributed by atoms with van der Waals surface area (Å²) in [7, 11) is 0. The van der Waals surface area contributed by atoms with Crippen LogP contribution >= 0.6 is 0 Å². The zero-order valence-electron chi connectivity index (χ0n) is 10.9. The first-order chi connectivity index (χ1) is 8.18. The summed E-state index contributed by atoms with van der Waals surface area (Å²) < 4.78 is 5.58. The Balaban J connectivity index is 1.97. The Kier molecular flexibility index (Phi) is 4.40. The summed E-state index contributed by atoms with van der Waals surface area (Å²) >= 11 is 0. The molecule has 17 heavy (non-hydrogen) atoms.